The predicted molar refractivity (Wildman–Crippen MR) is 320 cm³/mol. The second-order valence-corrected chi connectivity index (χ2v) is 21.2. The Kier molecular flexibility index (Phi) is 37.9. The van der Waals surface area contributed by atoms with Gasteiger partial charge in [0.2, 0.25) is 41.9 Å². The number of carbonyl (C=O) groups excluding carboxylic acids is 7. The first-order valence-corrected chi connectivity index (χ1v) is 29.8. The van der Waals surface area contributed by atoms with E-state index in [0.717, 1.165) is 12.0 Å². The van der Waals surface area contributed by atoms with Crippen LogP contribution in [0.5, 0.6) is 0 Å². The van der Waals surface area contributed by atoms with Crippen molar-refractivity contribution < 1.29 is 87.4 Å². The van der Waals surface area contributed by atoms with Crippen LogP contribution >= 0.6 is 0 Å². The van der Waals surface area contributed by atoms with Crippen molar-refractivity contribution >= 4 is 65.7 Å². The zero-order valence-electron chi connectivity index (χ0n) is 50.4. The van der Waals surface area contributed by atoms with Gasteiger partial charge in [-0.15, -0.1) is 0 Å². The lowest BCUT2D eigenvalue weighted by atomic mass is 10.0. The molecular weight excluding hydrogens is 1150 g/mol. The Labute approximate surface area is 513 Å². The number of nitrogens with zero attached hydrogens (tertiary/aromatic N) is 4. The van der Waals surface area contributed by atoms with Crippen LogP contribution in [0.25, 0.3) is 0 Å². The number of nitrogens with one attached hydrogen (secondary N) is 7. The van der Waals surface area contributed by atoms with Crippen molar-refractivity contribution in [2.45, 2.75) is 89.3 Å². The van der Waals surface area contributed by atoms with Gasteiger partial charge < -0.3 is 71.9 Å². The highest BCUT2D eigenvalue weighted by molar-refractivity contribution is 5.93. The molecule has 29 heteroatoms. The summed E-state index contributed by atoms with van der Waals surface area (Å²) in [5.74, 6) is -7.39. The maximum absolute atomic E-state index is 13.6. The van der Waals surface area contributed by atoms with Gasteiger partial charge in [-0.1, -0.05) is 60.2 Å². The zero-order chi connectivity index (χ0) is 64.3. The fourth-order valence-corrected chi connectivity index (χ4v) is 9.16. The van der Waals surface area contributed by atoms with Gasteiger partial charge in [0.05, 0.1) is 65.8 Å². The molecule has 2 aromatic rings. The minimum absolute atomic E-state index is 0.00306. The van der Waals surface area contributed by atoms with E-state index in [1.165, 1.54) is 5.56 Å². The minimum Gasteiger partial charge on any atom is -0.480 e. The number of rotatable bonds is 44. The smallest absolute Gasteiger partial charge is 0.326 e. The lowest BCUT2D eigenvalue weighted by Gasteiger charge is -2.32. The molecular formula is C59H91N11O18. The first-order valence-electron chi connectivity index (χ1n) is 29.8. The molecule has 11 N–H and O–H groups in total. The Morgan fingerprint density at radius 3 is 1.52 bits per heavy atom. The van der Waals surface area contributed by atoms with Crippen molar-refractivity contribution in [3.8, 4) is 0 Å². The molecule has 1 aliphatic heterocycles. The van der Waals surface area contributed by atoms with Gasteiger partial charge in [0.15, 0.2) is 0 Å². The molecule has 29 nitrogen and oxygen atoms in total. The number of carboxylic acid groups (broad SMARTS) is 4. The number of hydrogen-bond acceptors (Lipinski definition) is 18. The molecule has 0 aliphatic carbocycles. The summed E-state index contributed by atoms with van der Waals surface area (Å²) in [4.78, 5) is 142. The van der Waals surface area contributed by atoms with Gasteiger partial charge in [-0.2, -0.15) is 0 Å². The zero-order valence-corrected chi connectivity index (χ0v) is 50.4. The van der Waals surface area contributed by atoms with Crippen molar-refractivity contribution in [2.75, 3.05) is 144 Å². The number of benzene rings is 2. The molecule has 0 saturated carbocycles. The summed E-state index contributed by atoms with van der Waals surface area (Å²) in [7, 11) is 0. The molecule has 0 aromatic heterocycles. The summed E-state index contributed by atoms with van der Waals surface area (Å²) in [5.41, 5.74) is 3.00. The largest absolute Gasteiger partial charge is 0.480 e. The Hall–Kier alpha value is -7.67. The predicted octanol–water partition coefficient (Wildman–Crippen LogP) is -1.94. The topological polar surface area (TPSA) is 394 Å². The number of carboxylic acids is 4. The average molecular weight is 1240 g/mol. The number of unbranched alkanes of at least 4 members (excludes halogenated alkanes) is 2. The minimum atomic E-state index is -1.33. The lowest BCUT2D eigenvalue weighted by molar-refractivity contribution is -0.142. The van der Waals surface area contributed by atoms with Crippen molar-refractivity contribution in [1.82, 2.24) is 56.8 Å². The maximum Gasteiger partial charge on any atom is 0.326 e. The number of amides is 7. The van der Waals surface area contributed by atoms with E-state index in [0.29, 0.717) is 70.1 Å². The lowest BCUT2D eigenvalue weighted by Crippen LogP contribution is -2.54. The van der Waals surface area contributed by atoms with Crippen molar-refractivity contribution in [3.05, 3.63) is 71.3 Å². The number of hydrogen-bond donors (Lipinski definition) is 11. The van der Waals surface area contributed by atoms with Gasteiger partial charge in [-0.25, -0.2) is 4.79 Å². The third-order valence-corrected chi connectivity index (χ3v) is 14.0. The van der Waals surface area contributed by atoms with Crippen LogP contribution in [-0.2, 0) is 79.8 Å². The molecule has 0 radical (unpaired) electrons. The molecule has 1 heterocycles. The van der Waals surface area contributed by atoms with Crippen molar-refractivity contribution in [1.29, 1.82) is 0 Å². The maximum atomic E-state index is 13.6. The SMILES string of the molecule is Cc1ccc(CCCC(=O)NCCCC[C@H](NC=O)C(=O)NCC(=O)N[C@@H](Cc2ccccc2)C(=O)N[C@@H](CCCCNC(=O)COCCOCCOCCNC(=O)CN2CCN(CC(=O)O)CCN(CC(=O)O)CCN(CC(=O)O)CC2)C(=O)O)cc1. The Morgan fingerprint density at radius 2 is 0.989 bits per heavy atom. The molecule has 7 amide bonds. The number of aryl methyl sites for hydroxylation is 2. The number of carbonyl (C=O) groups is 11. The van der Waals surface area contributed by atoms with Crippen molar-refractivity contribution in [3.63, 3.8) is 0 Å². The monoisotopic (exact) mass is 1240 g/mol. The van der Waals surface area contributed by atoms with E-state index in [1.807, 2.05) is 36.1 Å². The summed E-state index contributed by atoms with van der Waals surface area (Å²) in [6.45, 7) is 4.19. The van der Waals surface area contributed by atoms with E-state index >= 15 is 0 Å². The molecule has 1 fully saturated rings. The van der Waals surface area contributed by atoms with Crippen LogP contribution in [-0.4, -0.2) is 268 Å². The molecule has 2 aromatic carbocycles. The second-order valence-electron chi connectivity index (χ2n) is 21.2. The highest BCUT2D eigenvalue weighted by Crippen LogP contribution is 2.10. The quantitative estimate of drug-likeness (QED) is 0.0254. The van der Waals surface area contributed by atoms with Gasteiger partial charge in [0.1, 0.15) is 24.7 Å². The molecule has 88 heavy (non-hydrogen) atoms. The number of ether oxygens (including phenoxy) is 3. The first kappa shape index (κ1) is 74.6. The van der Waals surface area contributed by atoms with Gasteiger partial charge in [-0.3, -0.25) is 67.5 Å². The van der Waals surface area contributed by atoms with Crippen LogP contribution in [0.1, 0.15) is 68.1 Å². The summed E-state index contributed by atoms with van der Waals surface area (Å²) < 4.78 is 16.4. The average Bonchev–Trinajstić information content (AvgIpc) is 3.66. The second kappa shape index (κ2) is 44.7. The summed E-state index contributed by atoms with van der Waals surface area (Å²) in [5, 5.41) is 56.6. The van der Waals surface area contributed by atoms with Gasteiger partial charge >= 0.3 is 23.9 Å². The summed E-state index contributed by atoms with van der Waals surface area (Å²) in [6, 6.07) is 13.4. The molecule has 3 atom stereocenters. The molecule has 1 saturated heterocycles. The van der Waals surface area contributed by atoms with Gasteiger partial charge in [0, 0.05) is 84.8 Å². The Balaban J connectivity index is 1.29. The van der Waals surface area contributed by atoms with Crippen LogP contribution in [0.2, 0.25) is 0 Å². The fourth-order valence-electron chi connectivity index (χ4n) is 9.16. The van der Waals surface area contributed by atoms with Crippen LogP contribution in [0.4, 0.5) is 0 Å². The van der Waals surface area contributed by atoms with Gasteiger partial charge in [-0.05, 0) is 69.4 Å². The third-order valence-electron chi connectivity index (χ3n) is 14.0. The fraction of sp³-hybridized carbons (Fsp3) is 0.610. The standard InChI is InChI=1S/C59H91N11O18/c1-44-16-18-45(19-17-44)12-9-15-50(72)60-20-7-5-13-47(64-43-71)57(82)63-37-51(73)65-49(36-46-10-3-2-4-11-46)58(83)66-48(59(84)85)14-6-8-21-61-53(75)42-88-35-34-87-33-32-86-31-22-62-52(74)38-67-23-25-68(39-54(76)77)27-29-70(41-56(80)81)30-28-69(26-24-67)40-55(78)79/h2-4,10-11,16-19,43,47-49H,5-9,12-15,20-42H2,1H3,(H,60,72)(H,61,75)(H,62,74)(H,63,82)(H,64,71)(H,65,73)(H,66,83)(H,76,77)(H,78,79)(H,80,81)(H,84,85)/t47-,48-,49-/m0/s1. The first-order chi connectivity index (χ1) is 42.3. The molecule has 0 spiro atoms. The molecule has 1 aliphatic rings. The van der Waals surface area contributed by atoms with E-state index in [2.05, 4.69) is 37.2 Å². The molecule has 3 rings (SSSR count). The normalized spacial score (nSPS) is 14.7. The molecule has 490 valence electrons. The van der Waals surface area contributed by atoms with Crippen LogP contribution in [0.3, 0.4) is 0 Å². The van der Waals surface area contributed by atoms with Crippen LogP contribution in [0.15, 0.2) is 54.6 Å². The Bertz CT molecular complexity index is 2430. The van der Waals surface area contributed by atoms with E-state index in [1.54, 1.807) is 45.0 Å². The van der Waals surface area contributed by atoms with Crippen LogP contribution in [0, 0.1) is 6.92 Å². The van der Waals surface area contributed by atoms with E-state index in [9.17, 15) is 73.2 Å². The van der Waals surface area contributed by atoms with Crippen LogP contribution < -0.4 is 37.2 Å². The summed E-state index contributed by atoms with van der Waals surface area (Å²) in [6.07, 6.45) is 4.19. The van der Waals surface area contributed by atoms with E-state index < -0.39 is 72.2 Å². The highest BCUT2D eigenvalue weighted by Gasteiger charge is 2.28. The van der Waals surface area contributed by atoms with E-state index in [4.69, 9.17) is 14.2 Å². The summed E-state index contributed by atoms with van der Waals surface area (Å²) >= 11 is 0. The molecule has 0 bridgehead atoms. The molecule has 0 unspecified atom stereocenters. The highest BCUT2D eigenvalue weighted by atomic mass is 16.5. The third kappa shape index (κ3) is 35.8. The Morgan fingerprint density at radius 1 is 0.489 bits per heavy atom. The van der Waals surface area contributed by atoms with Gasteiger partial charge in [0.25, 0.3) is 0 Å². The number of aliphatic carboxylic acids is 4. The van der Waals surface area contributed by atoms with Crippen molar-refractivity contribution in [2.24, 2.45) is 0 Å². The van der Waals surface area contributed by atoms with E-state index in [-0.39, 0.29) is 149 Å².